The number of hydrogen-bond acceptors (Lipinski definition) is 1. The molecule has 1 aliphatic carbocycles. The highest BCUT2D eigenvalue weighted by Gasteiger charge is 2.37. The zero-order valence-corrected chi connectivity index (χ0v) is 5.93. The molecule has 0 spiro atoms. The van der Waals surface area contributed by atoms with Crippen LogP contribution >= 0.6 is 0 Å². The van der Waals surface area contributed by atoms with E-state index in [9.17, 15) is 4.39 Å². The van der Waals surface area contributed by atoms with E-state index in [2.05, 4.69) is 0 Å². The SMILES string of the molecule is CC(C)OC[C@@H]1C[C@@H]1F. The van der Waals surface area contributed by atoms with E-state index in [1.165, 1.54) is 0 Å². The first-order valence-electron chi connectivity index (χ1n) is 3.46. The summed E-state index contributed by atoms with van der Waals surface area (Å²) in [5.74, 6) is 0.215. The highest BCUT2D eigenvalue weighted by molar-refractivity contribution is 4.85. The lowest BCUT2D eigenvalue weighted by Crippen LogP contribution is -2.05. The van der Waals surface area contributed by atoms with Crippen LogP contribution in [0.1, 0.15) is 20.3 Å². The Kier molecular flexibility index (Phi) is 2.06. The molecule has 0 aromatic rings. The van der Waals surface area contributed by atoms with Gasteiger partial charge < -0.3 is 4.74 Å². The summed E-state index contributed by atoms with van der Waals surface area (Å²) in [6.45, 7) is 4.55. The number of ether oxygens (including phenoxy) is 1. The second-order valence-corrected chi connectivity index (χ2v) is 2.89. The zero-order chi connectivity index (χ0) is 6.85. The maximum atomic E-state index is 12.1. The average molecular weight is 132 g/mol. The Balaban J connectivity index is 1.94. The van der Waals surface area contributed by atoms with E-state index in [1.54, 1.807) is 0 Å². The van der Waals surface area contributed by atoms with E-state index in [0.717, 1.165) is 0 Å². The van der Waals surface area contributed by atoms with Gasteiger partial charge in [-0.15, -0.1) is 0 Å². The van der Waals surface area contributed by atoms with E-state index in [4.69, 9.17) is 4.74 Å². The van der Waals surface area contributed by atoms with E-state index in [0.29, 0.717) is 13.0 Å². The van der Waals surface area contributed by atoms with Crippen molar-refractivity contribution in [3.05, 3.63) is 0 Å². The van der Waals surface area contributed by atoms with Gasteiger partial charge in [-0.3, -0.25) is 0 Å². The normalized spacial score (nSPS) is 33.3. The third kappa shape index (κ3) is 2.31. The third-order valence-corrected chi connectivity index (χ3v) is 1.48. The smallest absolute Gasteiger partial charge is 0.106 e. The van der Waals surface area contributed by atoms with Crippen LogP contribution in [0.3, 0.4) is 0 Å². The van der Waals surface area contributed by atoms with Gasteiger partial charge in [0.05, 0.1) is 12.7 Å². The van der Waals surface area contributed by atoms with Crippen molar-refractivity contribution in [1.82, 2.24) is 0 Å². The Morgan fingerprint density at radius 2 is 2.22 bits per heavy atom. The lowest BCUT2D eigenvalue weighted by molar-refractivity contribution is 0.0666. The minimum absolute atomic E-state index is 0.215. The van der Waals surface area contributed by atoms with Crippen LogP contribution in [-0.4, -0.2) is 18.9 Å². The second-order valence-electron chi connectivity index (χ2n) is 2.89. The predicted octanol–water partition coefficient (Wildman–Crippen LogP) is 1.77. The fraction of sp³-hybridized carbons (Fsp3) is 1.00. The van der Waals surface area contributed by atoms with Gasteiger partial charge in [-0.1, -0.05) is 0 Å². The van der Waals surface area contributed by atoms with Crippen LogP contribution in [0, 0.1) is 5.92 Å². The zero-order valence-electron chi connectivity index (χ0n) is 5.93. The van der Waals surface area contributed by atoms with Gasteiger partial charge in [0, 0.05) is 5.92 Å². The molecule has 9 heavy (non-hydrogen) atoms. The average Bonchev–Trinajstić information content (AvgIpc) is 2.42. The van der Waals surface area contributed by atoms with Gasteiger partial charge in [-0.2, -0.15) is 0 Å². The maximum Gasteiger partial charge on any atom is 0.106 e. The molecule has 1 rings (SSSR count). The Morgan fingerprint density at radius 3 is 2.56 bits per heavy atom. The molecule has 0 radical (unpaired) electrons. The summed E-state index contributed by atoms with van der Waals surface area (Å²) in [6, 6.07) is 0. The molecular weight excluding hydrogens is 119 g/mol. The van der Waals surface area contributed by atoms with Crippen LogP contribution in [0.4, 0.5) is 4.39 Å². The summed E-state index contributed by atoms with van der Waals surface area (Å²) < 4.78 is 17.3. The molecular formula is C7H13FO. The van der Waals surface area contributed by atoms with Gasteiger partial charge in [-0.05, 0) is 20.3 Å². The monoisotopic (exact) mass is 132 g/mol. The fourth-order valence-electron chi connectivity index (χ4n) is 0.699. The molecule has 0 saturated heterocycles. The molecule has 0 aliphatic heterocycles. The summed E-state index contributed by atoms with van der Waals surface area (Å²) in [4.78, 5) is 0. The van der Waals surface area contributed by atoms with Crippen molar-refractivity contribution < 1.29 is 9.13 Å². The van der Waals surface area contributed by atoms with Gasteiger partial charge in [-0.25, -0.2) is 4.39 Å². The largest absolute Gasteiger partial charge is 0.378 e. The van der Waals surface area contributed by atoms with Gasteiger partial charge >= 0.3 is 0 Å². The van der Waals surface area contributed by atoms with Crippen LogP contribution in [0.25, 0.3) is 0 Å². The molecule has 0 N–H and O–H groups in total. The van der Waals surface area contributed by atoms with Gasteiger partial charge in [0.1, 0.15) is 6.17 Å². The minimum Gasteiger partial charge on any atom is -0.378 e. The van der Waals surface area contributed by atoms with Crippen molar-refractivity contribution >= 4 is 0 Å². The fourth-order valence-corrected chi connectivity index (χ4v) is 0.699. The van der Waals surface area contributed by atoms with Crippen molar-refractivity contribution in [3.63, 3.8) is 0 Å². The molecule has 0 aromatic heterocycles. The Bertz CT molecular complexity index is 92.9. The number of alkyl halides is 1. The highest BCUT2D eigenvalue weighted by atomic mass is 19.1. The molecule has 2 heteroatoms. The summed E-state index contributed by atoms with van der Waals surface area (Å²) in [6.07, 6.45) is 0.397. The van der Waals surface area contributed by atoms with Crippen molar-refractivity contribution in [2.45, 2.75) is 32.5 Å². The number of rotatable bonds is 3. The van der Waals surface area contributed by atoms with E-state index < -0.39 is 6.17 Å². The molecule has 54 valence electrons. The van der Waals surface area contributed by atoms with Gasteiger partial charge in [0.25, 0.3) is 0 Å². The number of halogens is 1. The standard InChI is InChI=1S/C7H13FO/c1-5(2)9-4-6-3-7(6)8/h5-7H,3-4H2,1-2H3/t6-,7-/m0/s1. The molecule has 0 bridgehead atoms. The molecule has 0 amide bonds. The number of hydrogen-bond donors (Lipinski definition) is 0. The first kappa shape index (κ1) is 7.00. The van der Waals surface area contributed by atoms with Crippen LogP contribution < -0.4 is 0 Å². The molecule has 2 atom stereocenters. The molecule has 0 aromatic carbocycles. The van der Waals surface area contributed by atoms with Crippen molar-refractivity contribution in [2.24, 2.45) is 5.92 Å². The lowest BCUT2D eigenvalue weighted by atomic mass is 10.4. The first-order valence-corrected chi connectivity index (χ1v) is 3.46. The highest BCUT2D eigenvalue weighted by Crippen LogP contribution is 2.33. The topological polar surface area (TPSA) is 9.23 Å². The molecule has 1 fully saturated rings. The van der Waals surface area contributed by atoms with Crippen molar-refractivity contribution in [3.8, 4) is 0 Å². The molecule has 1 saturated carbocycles. The molecule has 0 heterocycles. The van der Waals surface area contributed by atoms with Crippen molar-refractivity contribution in [1.29, 1.82) is 0 Å². The Hall–Kier alpha value is -0.110. The third-order valence-electron chi connectivity index (χ3n) is 1.48. The van der Waals surface area contributed by atoms with Crippen LogP contribution in [-0.2, 0) is 4.74 Å². The first-order chi connectivity index (χ1) is 4.20. The van der Waals surface area contributed by atoms with Crippen LogP contribution in [0.5, 0.6) is 0 Å². The summed E-state index contributed by atoms with van der Waals surface area (Å²) in [5, 5.41) is 0. The quantitative estimate of drug-likeness (QED) is 0.568. The van der Waals surface area contributed by atoms with E-state index in [-0.39, 0.29) is 12.0 Å². The molecule has 1 nitrogen and oxygen atoms in total. The minimum atomic E-state index is -0.566. The van der Waals surface area contributed by atoms with Gasteiger partial charge in [0.15, 0.2) is 0 Å². The lowest BCUT2D eigenvalue weighted by Gasteiger charge is -2.04. The van der Waals surface area contributed by atoms with Gasteiger partial charge in [0.2, 0.25) is 0 Å². The predicted molar refractivity (Wildman–Crippen MR) is 34.1 cm³/mol. The van der Waals surface area contributed by atoms with Crippen LogP contribution in [0.15, 0.2) is 0 Å². The maximum absolute atomic E-state index is 12.1. The summed E-state index contributed by atoms with van der Waals surface area (Å²) in [7, 11) is 0. The van der Waals surface area contributed by atoms with E-state index in [1.807, 2.05) is 13.8 Å². The van der Waals surface area contributed by atoms with Crippen molar-refractivity contribution in [2.75, 3.05) is 6.61 Å². The summed E-state index contributed by atoms with van der Waals surface area (Å²) in [5.41, 5.74) is 0. The van der Waals surface area contributed by atoms with E-state index >= 15 is 0 Å². The molecule has 1 aliphatic rings. The molecule has 0 unspecified atom stereocenters. The Morgan fingerprint density at radius 1 is 1.67 bits per heavy atom. The second kappa shape index (κ2) is 2.65. The summed E-state index contributed by atoms with van der Waals surface area (Å²) >= 11 is 0. The van der Waals surface area contributed by atoms with Crippen LogP contribution in [0.2, 0.25) is 0 Å². The Labute approximate surface area is 55.2 Å².